The first-order chi connectivity index (χ1) is 12.6. The second kappa shape index (κ2) is 7.31. The molecule has 1 aromatic heterocycles. The second-order valence-corrected chi connectivity index (χ2v) is 10.0. The molecule has 6 nitrogen and oxygen atoms in total. The minimum absolute atomic E-state index is 0.0855. The number of thioether (sulfide) groups is 1. The van der Waals surface area contributed by atoms with Crippen LogP contribution in [0, 0.1) is 0 Å². The molecule has 0 bridgehead atoms. The van der Waals surface area contributed by atoms with E-state index in [-0.39, 0.29) is 11.1 Å². The van der Waals surface area contributed by atoms with E-state index in [1.54, 1.807) is 6.07 Å². The Bertz CT molecular complexity index is 1010. The fraction of sp³-hybridized carbons (Fsp3) is 0.471. The highest BCUT2D eigenvalue weighted by Crippen LogP contribution is 2.48. The van der Waals surface area contributed by atoms with Crippen molar-refractivity contribution in [2.75, 3.05) is 0 Å². The summed E-state index contributed by atoms with van der Waals surface area (Å²) in [6.45, 7) is 8.01. The molecule has 1 aliphatic rings. The van der Waals surface area contributed by atoms with Gasteiger partial charge in [-0.25, -0.2) is 9.59 Å². The van der Waals surface area contributed by atoms with E-state index in [0.717, 1.165) is 15.7 Å². The quantitative estimate of drug-likeness (QED) is 0.650. The van der Waals surface area contributed by atoms with Gasteiger partial charge in [-0.1, -0.05) is 54.1 Å². The first-order valence-corrected chi connectivity index (χ1v) is 10.4. The predicted molar refractivity (Wildman–Crippen MR) is 113 cm³/mol. The maximum atomic E-state index is 13.1. The van der Waals surface area contributed by atoms with Gasteiger partial charge in [0.15, 0.2) is 6.17 Å². The Hall–Kier alpha value is -1.22. The Kier molecular flexibility index (Phi) is 5.55. The molecule has 0 radical (unpaired) electrons. The van der Waals surface area contributed by atoms with Crippen LogP contribution in [-0.4, -0.2) is 29.3 Å². The summed E-state index contributed by atoms with van der Waals surface area (Å²) in [6, 6.07) is 4.61. The van der Waals surface area contributed by atoms with E-state index < -0.39 is 22.4 Å². The van der Waals surface area contributed by atoms with Gasteiger partial charge >= 0.3 is 11.4 Å². The standard InChI is InChI=1S/C17H19Cl2N3O3S2/c1-5-9(2)20-13(17(3,4)27-16(20)26)22-14(23)21(15(24)25-22)10-6-7-11(18)12(19)8-10/h6-9,13H,5H2,1-4H3. The third-order valence-electron chi connectivity index (χ3n) is 4.63. The van der Waals surface area contributed by atoms with Crippen LogP contribution in [0.5, 0.6) is 0 Å². The molecule has 0 spiro atoms. The Morgan fingerprint density at radius 3 is 2.56 bits per heavy atom. The molecule has 0 amide bonds. The van der Waals surface area contributed by atoms with Crippen LogP contribution in [0.25, 0.3) is 5.69 Å². The third kappa shape index (κ3) is 3.48. The molecule has 1 saturated heterocycles. The number of rotatable bonds is 4. The van der Waals surface area contributed by atoms with Crippen molar-refractivity contribution in [1.82, 2.24) is 14.2 Å². The molecule has 146 valence electrons. The van der Waals surface area contributed by atoms with E-state index in [9.17, 15) is 9.59 Å². The van der Waals surface area contributed by atoms with Crippen molar-refractivity contribution in [2.24, 2.45) is 0 Å². The van der Waals surface area contributed by atoms with E-state index in [0.29, 0.717) is 15.0 Å². The Morgan fingerprint density at radius 1 is 1.30 bits per heavy atom. The summed E-state index contributed by atoms with van der Waals surface area (Å²) in [6.07, 6.45) is 0.314. The Balaban J connectivity index is 2.18. The summed E-state index contributed by atoms with van der Waals surface area (Å²) in [7, 11) is 0. The fourth-order valence-corrected chi connectivity index (χ4v) is 5.48. The van der Waals surface area contributed by atoms with Crippen LogP contribution in [0.4, 0.5) is 0 Å². The van der Waals surface area contributed by atoms with Crippen molar-refractivity contribution in [3.05, 3.63) is 49.3 Å². The molecule has 0 aliphatic carbocycles. The summed E-state index contributed by atoms with van der Waals surface area (Å²) < 4.78 is 7.66. The van der Waals surface area contributed by atoms with Gasteiger partial charge in [0.05, 0.1) is 20.5 Å². The summed E-state index contributed by atoms with van der Waals surface area (Å²) >= 11 is 19.0. The molecule has 0 saturated carbocycles. The minimum Gasteiger partial charge on any atom is -0.330 e. The van der Waals surface area contributed by atoms with Crippen molar-refractivity contribution in [1.29, 1.82) is 0 Å². The smallest absolute Gasteiger partial charge is 0.330 e. The summed E-state index contributed by atoms with van der Waals surface area (Å²) in [5.74, 6) is -0.791. The number of halogens is 2. The SMILES string of the molecule is CCC(C)N1C(=S)SC(C)(C)C1n1oc(=O)n(-c2ccc(Cl)c(Cl)c2)c1=O. The van der Waals surface area contributed by atoms with Crippen molar-refractivity contribution in [3.8, 4) is 5.69 Å². The highest BCUT2D eigenvalue weighted by molar-refractivity contribution is 8.24. The molecule has 0 N–H and O–H groups in total. The lowest BCUT2D eigenvalue weighted by molar-refractivity contribution is 0.0694. The number of hydrogen-bond donors (Lipinski definition) is 0. The van der Waals surface area contributed by atoms with Crippen LogP contribution < -0.4 is 11.4 Å². The number of nitrogens with zero attached hydrogens (tertiary/aromatic N) is 3. The predicted octanol–water partition coefficient (Wildman–Crippen LogP) is 4.31. The molecule has 2 atom stereocenters. The molecule has 27 heavy (non-hydrogen) atoms. The van der Waals surface area contributed by atoms with Gasteiger partial charge in [-0.05, 0) is 45.4 Å². The van der Waals surface area contributed by atoms with Gasteiger partial charge < -0.3 is 9.42 Å². The summed E-state index contributed by atoms with van der Waals surface area (Å²) in [4.78, 5) is 27.6. The van der Waals surface area contributed by atoms with E-state index in [2.05, 4.69) is 0 Å². The zero-order valence-electron chi connectivity index (χ0n) is 15.2. The molecular formula is C17H19Cl2N3O3S2. The number of benzene rings is 1. The van der Waals surface area contributed by atoms with Crippen LogP contribution in [0.1, 0.15) is 40.3 Å². The van der Waals surface area contributed by atoms with Gasteiger partial charge in [-0.3, -0.25) is 0 Å². The largest absolute Gasteiger partial charge is 0.447 e. The Labute approximate surface area is 176 Å². The van der Waals surface area contributed by atoms with Gasteiger partial charge in [0.25, 0.3) is 0 Å². The highest BCUT2D eigenvalue weighted by atomic mass is 35.5. The zero-order chi connectivity index (χ0) is 20.1. The van der Waals surface area contributed by atoms with Gasteiger partial charge in [0.2, 0.25) is 0 Å². The summed E-state index contributed by atoms with van der Waals surface area (Å²) in [5.41, 5.74) is -0.293. The van der Waals surface area contributed by atoms with E-state index in [1.807, 2.05) is 32.6 Å². The molecule has 3 rings (SSSR count). The monoisotopic (exact) mass is 447 g/mol. The van der Waals surface area contributed by atoms with E-state index >= 15 is 0 Å². The fourth-order valence-electron chi connectivity index (χ4n) is 3.11. The second-order valence-electron chi connectivity index (χ2n) is 6.91. The maximum Gasteiger partial charge on any atom is 0.447 e. The molecule has 1 fully saturated rings. The lowest BCUT2D eigenvalue weighted by atomic mass is 10.1. The molecule has 2 unspecified atom stereocenters. The number of thiocarbonyl (C=S) groups is 1. The minimum atomic E-state index is -0.791. The van der Waals surface area contributed by atoms with Crippen molar-refractivity contribution < 1.29 is 4.52 Å². The van der Waals surface area contributed by atoms with Crippen LogP contribution >= 0.6 is 47.2 Å². The molecular weight excluding hydrogens is 429 g/mol. The van der Waals surface area contributed by atoms with Crippen LogP contribution in [0.2, 0.25) is 10.0 Å². The Morgan fingerprint density at radius 2 is 1.96 bits per heavy atom. The topological polar surface area (TPSA) is 60.4 Å². The van der Waals surface area contributed by atoms with Gasteiger partial charge in [0, 0.05) is 6.04 Å². The molecule has 10 heteroatoms. The first kappa shape index (κ1) is 20.5. The van der Waals surface area contributed by atoms with E-state index in [1.165, 1.54) is 23.9 Å². The van der Waals surface area contributed by atoms with Crippen LogP contribution in [0.15, 0.2) is 32.3 Å². The normalized spacial score (nSPS) is 20.3. The van der Waals surface area contributed by atoms with Crippen molar-refractivity contribution in [2.45, 2.75) is 51.1 Å². The average Bonchev–Trinajstić information content (AvgIpc) is 3.00. The van der Waals surface area contributed by atoms with Crippen molar-refractivity contribution >= 4 is 51.5 Å². The van der Waals surface area contributed by atoms with Crippen molar-refractivity contribution in [3.63, 3.8) is 0 Å². The lowest BCUT2D eigenvalue weighted by Crippen LogP contribution is -2.45. The van der Waals surface area contributed by atoms with Gasteiger partial charge in [0.1, 0.15) is 4.32 Å². The average molecular weight is 448 g/mol. The maximum absolute atomic E-state index is 13.1. The lowest BCUT2D eigenvalue weighted by Gasteiger charge is -2.34. The number of aromatic nitrogens is 2. The summed E-state index contributed by atoms with van der Waals surface area (Å²) in [5, 5.41) is 0.575. The third-order valence-corrected chi connectivity index (χ3v) is 6.96. The van der Waals surface area contributed by atoms with Gasteiger partial charge in [-0.15, -0.1) is 4.74 Å². The first-order valence-electron chi connectivity index (χ1n) is 8.40. The molecule has 2 aromatic rings. The van der Waals surface area contributed by atoms with Crippen LogP contribution in [-0.2, 0) is 0 Å². The highest BCUT2D eigenvalue weighted by Gasteiger charge is 2.49. The molecule has 2 heterocycles. The molecule has 1 aromatic carbocycles. The van der Waals surface area contributed by atoms with E-state index in [4.69, 9.17) is 39.9 Å². The van der Waals surface area contributed by atoms with Crippen LogP contribution in [0.3, 0.4) is 0 Å². The zero-order valence-corrected chi connectivity index (χ0v) is 18.4. The number of hydrogen-bond acceptors (Lipinski definition) is 5. The van der Waals surface area contributed by atoms with Gasteiger partial charge in [-0.2, -0.15) is 4.57 Å². The molecule has 1 aliphatic heterocycles.